The van der Waals surface area contributed by atoms with Crippen LogP contribution in [-0.2, 0) is 4.74 Å². The van der Waals surface area contributed by atoms with Crippen LogP contribution in [0.4, 0.5) is 0 Å². The summed E-state index contributed by atoms with van der Waals surface area (Å²) in [5.74, 6) is 0.665. The second kappa shape index (κ2) is 7.25. The molecule has 1 heterocycles. The minimum Gasteiger partial charge on any atom is -0.491 e. The Morgan fingerprint density at radius 3 is 2.90 bits per heavy atom. The molecule has 2 rings (SSSR count). The van der Waals surface area contributed by atoms with E-state index in [1.807, 2.05) is 0 Å². The lowest BCUT2D eigenvalue weighted by Gasteiger charge is -2.34. The number of hydrogen-bond donors (Lipinski definition) is 1. The molecule has 1 aliphatic rings. The zero-order valence-electron chi connectivity index (χ0n) is 11.7. The number of ether oxygens (including phenoxy) is 2. The Labute approximate surface area is 119 Å². The maximum atomic E-state index is 10.0. The summed E-state index contributed by atoms with van der Waals surface area (Å²) in [6.45, 7) is 5.19. The molecule has 5 nitrogen and oxygen atoms in total. The van der Waals surface area contributed by atoms with Gasteiger partial charge in [-0.05, 0) is 31.2 Å². The van der Waals surface area contributed by atoms with Gasteiger partial charge in [0.15, 0.2) is 0 Å². The van der Waals surface area contributed by atoms with Crippen LogP contribution in [0.2, 0.25) is 0 Å². The lowest BCUT2D eigenvalue weighted by molar-refractivity contribution is -0.0265. The van der Waals surface area contributed by atoms with Crippen LogP contribution in [0.25, 0.3) is 0 Å². The SMILES string of the molecule is CC1COCCN1CC(O)COc1ccc(C#N)cc1. The van der Waals surface area contributed by atoms with Crippen LogP contribution >= 0.6 is 0 Å². The van der Waals surface area contributed by atoms with Crippen LogP contribution in [0.3, 0.4) is 0 Å². The Morgan fingerprint density at radius 2 is 2.25 bits per heavy atom. The average Bonchev–Trinajstić information content (AvgIpc) is 2.48. The highest BCUT2D eigenvalue weighted by Crippen LogP contribution is 2.12. The summed E-state index contributed by atoms with van der Waals surface area (Å²) in [7, 11) is 0. The molecule has 1 N–H and O–H groups in total. The van der Waals surface area contributed by atoms with Gasteiger partial charge in [-0.25, -0.2) is 0 Å². The van der Waals surface area contributed by atoms with E-state index in [9.17, 15) is 5.11 Å². The fraction of sp³-hybridized carbons (Fsp3) is 0.533. The molecule has 1 aromatic carbocycles. The van der Waals surface area contributed by atoms with E-state index in [-0.39, 0.29) is 6.61 Å². The number of β-amino-alcohol motifs (C(OH)–C–C–N with tert-alkyl or cyclic N) is 1. The second-order valence-electron chi connectivity index (χ2n) is 5.02. The summed E-state index contributed by atoms with van der Waals surface area (Å²) in [4.78, 5) is 2.20. The van der Waals surface area contributed by atoms with Crippen LogP contribution in [0, 0.1) is 11.3 Å². The number of nitriles is 1. The molecule has 5 heteroatoms. The molecule has 1 saturated heterocycles. The van der Waals surface area contributed by atoms with Crippen molar-refractivity contribution < 1.29 is 14.6 Å². The first kappa shape index (κ1) is 14.8. The van der Waals surface area contributed by atoms with Crippen LogP contribution in [0.1, 0.15) is 12.5 Å². The van der Waals surface area contributed by atoms with Crippen LogP contribution in [0.5, 0.6) is 5.75 Å². The standard InChI is InChI=1S/C15H20N2O3/c1-12-10-19-7-6-17(12)9-14(18)11-20-15-4-2-13(8-16)3-5-15/h2-5,12,14,18H,6-7,9-11H2,1H3. The molecule has 1 aliphatic heterocycles. The van der Waals surface area contributed by atoms with Crippen LogP contribution in [0.15, 0.2) is 24.3 Å². The third-order valence-electron chi connectivity index (χ3n) is 3.38. The third-order valence-corrected chi connectivity index (χ3v) is 3.38. The number of nitrogens with zero attached hydrogens (tertiary/aromatic N) is 2. The zero-order chi connectivity index (χ0) is 14.4. The van der Waals surface area contributed by atoms with E-state index in [0.717, 1.165) is 6.54 Å². The van der Waals surface area contributed by atoms with E-state index in [1.54, 1.807) is 24.3 Å². The molecule has 0 spiro atoms. The second-order valence-corrected chi connectivity index (χ2v) is 5.02. The Balaban J connectivity index is 1.76. The van der Waals surface area contributed by atoms with E-state index in [1.165, 1.54) is 0 Å². The first-order valence-corrected chi connectivity index (χ1v) is 6.82. The van der Waals surface area contributed by atoms with E-state index in [0.29, 0.717) is 37.1 Å². The Morgan fingerprint density at radius 1 is 1.50 bits per heavy atom. The molecule has 20 heavy (non-hydrogen) atoms. The van der Waals surface area contributed by atoms with Crippen molar-refractivity contribution in [3.63, 3.8) is 0 Å². The van der Waals surface area contributed by atoms with Crippen molar-refractivity contribution in [1.29, 1.82) is 5.26 Å². The zero-order valence-corrected chi connectivity index (χ0v) is 11.7. The van der Waals surface area contributed by atoms with Crippen molar-refractivity contribution in [2.75, 3.05) is 32.9 Å². The summed E-state index contributed by atoms with van der Waals surface area (Å²) < 4.78 is 10.9. The summed E-state index contributed by atoms with van der Waals surface area (Å²) in [6, 6.07) is 9.26. The van der Waals surface area contributed by atoms with E-state index in [4.69, 9.17) is 14.7 Å². The van der Waals surface area contributed by atoms with Crippen molar-refractivity contribution in [2.45, 2.75) is 19.1 Å². The van der Waals surface area contributed by atoms with Gasteiger partial charge in [-0.3, -0.25) is 4.90 Å². The maximum Gasteiger partial charge on any atom is 0.119 e. The molecule has 0 aliphatic carbocycles. The Bertz CT molecular complexity index is 455. The minimum absolute atomic E-state index is 0.246. The molecule has 0 aromatic heterocycles. The van der Waals surface area contributed by atoms with Gasteiger partial charge >= 0.3 is 0 Å². The molecule has 108 valence electrons. The smallest absolute Gasteiger partial charge is 0.119 e. The van der Waals surface area contributed by atoms with Gasteiger partial charge in [0.2, 0.25) is 0 Å². The Kier molecular flexibility index (Phi) is 5.36. The van der Waals surface area contributed by atoms with Crippen molar-refractivity contribution in [3.05, 3.63) is 29.8 Å². The van der Waals surface area contributed by atoms with Gasteiger partial charge in [-0.15, -0.1) is 0 Å². The van der Waals surface area contributed by atoms with Gasteiger partial charge in [-0.2, -0.15) is 5.26 Å². The number of aliphatic hydroxyl groups excluding tert-OH is 1. The van der Waals surface area contributed by atoms with E-state index in [2.05, 4.69) is 17.9 Å². The summed E-state index contributed by atoms with van der Waals surface area (Å²) >= 11 is 0. The third kappa shape index (κ3) is 4.20. The summed E-state index contributed by atoms with van der Waals surface area (Å²) in [6.07, 6.45) is -0.536. The monoisotopic (exact) mass is 276 g/mol. The minimum atomic E-state index is -0.536. The van der Waals surface area contributed by atoms with Gasteiger partial charge < -0.3 is 14.6 Å². The number of morpholine rings is 1. The predicted octanol–water partition coefficient (Wildman–Crippen LogP) is 1.02. The fourth-order valence-electron chi connectivity index (χ4n) is 2.17. The fourth-order valence-corrected chi connectivity index (χ4v) is 2.17. The average molecular weight is 276 g/mol. The quantitative estimate of drug-likeness (QED) is 0.869. The lowest BCUT2D eigenvalue weighted by Crippen LogP contribution is -2.47. The number of hydrogen-bond acceptors (Lipinski definition) is 5. The summed E-state index contributed by atoms with van der Waals surface area (Å²) in [5, 5.41) is 18.7. The maximum absolute atomic E-state index is 10.0. The molecule has 1 aromatic rings. The van der Waals surface area contributed by atoms with Gasteiger partial charge in [0.05, 0.1) is 24.8 Å². The van der Waals surface area contributed by atoms with Gasteiger partial charge in [0.1, 0.15) is 18.5 Å². The molecule has 0 amide bonds. The number of benzene rings is 1. The molecule has 2 unspecified atom stereocenters. The molecule has 1 fully saturated rings. The highest BCUT2D eigenvalue weighted by Gasteiger charge is 2.21. The van der Waals surface area contributed by atoms with Crippen molar-refractivity contribution >= 4 is 0 Å². The lowest BCUT2D eigenvalue weighted by atomic mass is 10.2. The van der Waals surface area contributed by atoms with Gasteiger partial charge in [-0.1, -0.05) is 0 Å². The normalized spacial score (nSPS) is 21.1. The first-order valence-electron chi connectivity index (χ1n) is 6.82. The molecular formula is C15H20N2O3. The topological polar surface area (TPSA) is 65.7 Å². The van der Waals surface area contributed by atoms with Crippen LogP contribution < -0.4 is 4.74 Å². The Hall–Kier alpha value is -1.61. The molecule has 0 radical (unpaired) electrons. The van der Waals surface area contributed by atoms with E-state index >= 15 is 0 Å². The summed E-state index contributed by atoms with van der Waals surface area (Å²) in [5.41, 5.74) is 0.597. The molecule has 2 atom stereocenters. The molecule has 0 saturated carbocycles. The molecule has 0 bridgehead atoms. The molecular weight excluding hydrogens is 256 g/mol. The van der Waals surface area contributed by atoms with Crippen molar-refractivity contribution in [1.82, 2.24) is 4.90 Å². The van der Waals surface area contributed by atoms with Gasteiger partial charge in [0.25, 0.3) is 0 Å². The highest BCUT2D eigenvalue weighted by atomic mass is 16.5. The van der Waals surface area contributed by atoms with Gasteiger partial charge in [0, 0.05) is 19.1 Å². The highest BCUT2D eigenvalue weighted by molar-refractivity contribution is 5.34. The predicted molar refractivity (Wildman–Crippen MR) is 74.5 cm³/mol. The number of rotatable bonds is 5. The van der Waals surface area contributed by atoms with E-state index < -0.39 is 6.10 Å². The van der Waals surface area contributed by atoms with Crippen molar-refractivity contribution in [2.24, 2.45) is 0 Å². The number of aliphatic hydroxyl groups is 1. The first-order chi connectivity index (χ1) is 9.69. The van der Waals surface area contributed by atoms with Crippen LogP contribution in [-0.4, -0.2) is 55.1 Å². The largest absolute Gasteiger partial charge is 0.491 e. The van der Waals surface area contributed by atoms with Crippen molar-refractivity contribution in [3.8, 4) is 11.8 Å².